The number of benzene rings is 1. The molecule has 0 radical (unpaired) electrons. The van der Waals surface area contributed by atoms with Crippen molar-refractivity contribution < 1.29 is 14.4 Å². The Labute approximate surface area is 97.9 Å². The maximum Gasteiger partial charge on any atom is 0.314 e. The van der Waals surface area contributed by atoms with Gasteiger partial charge in [0.05, 0.1) is 24.7 Å². The highest BCUT2D eigenvalue weighted by Gasteiger charge is 2.16. The minimum absolute atomic E-state index is 0.0690. The maximum atomic E-state index is 10.8. The van der Waals surface area contributed by atoms with Gasteiger partial charge in [-0.15, -0.1) is 0 Å². The fourth-order valence-corrected chi connectivity index (χ4v) is 1.37. The summed E-state index contributed by atoms with van der Waals surface area (Å²) in [5.74, 6) is 1.52. The van der Waals surface area contributed by atoms with Crippen molar-refractivity contribution in [1.29, 1.82) is 0 Å². The molecular formula is C10H13NO4S. The number of thioether (sulfide) groups is 1. The Morgan fingerprint density at radius 2 is 2.25 bits per heavy atom. The number of methoxy groups -OCH3 is 1. The van der Waals surface area contributed by atoms with Crippen molar-refractivity contribution >= 4 is 17.4 Å². The summed E-state index contributed by atoms with van der Waals surface area (Å²) in [4.78, 5) is 10.3. The van der Waals surface area contributed by atoms with Crippen LogP contribution >= 0.6 is 11.8 Å². The van der Waals surface area contributed by atoms with E-state index >= 15 is 0 Å². The van der Waals surface area contributed by atoms with Crippen molar-refractivity contribution in [3.8, 4) is 11.5 Å². The van der Waals surface area contributed by atoms with Crippen LogP contribution in [0.5, 0.6) is 11.5 Å². The molecule has 6 heteroatoms. The van der Waals surface area contributed by atoms with Crippen LogP contribution in [-0.4, -0.2) is 30.6 Å². The lowest BCUT2D eigenvalue weighted by molar-refractivity contribution is -0.385. The van der Waals surface area contributed by atoms with Crippen molar-refractivity contribution in [2.45, 2.75) is 0 Å². The molecule has 0 aromatic heterocycles. The van der Waals surface area contributed by atoms with Crippen molar-refractivity contribution in [3.63, 3.8) is 0 Å². The zero-order valence-corrected chi connectivity index (χ0v) is 9.95. The number of rotatable bonds is 6. The normalized spacial score (nSPS) is 9.88. The van der Waals surface area contributed by atoms with Gasteiger partial charge in [-0.3, -0.25) is 10.1 Å². The number of nitrogens with zero attached hydrogens (tertiary/aromatic N) is 1. The first-order chi connectivity index (χ1) is 7.69. The number of nitro groups is 1. The van der Waals surface area contributed by atoms with E-state index in [1.807, 2.05) is 6.26 Å². The van der Waals surface area contributed by atoms with Crippen LogP contribution in [0.15, 0.2) is 18.2 Å². The molecule has 0 atom stereocenters. The first-order valence-corrected chi connectivity index (χ1v) is 6.02. The molecule has 0 aliphatic rings. The Hall–Kier alpha value is -1.43. The van der Waals surface area contributed by atoms with Crippen LogP contribution in [0, 0.1) is 10.1 Å². The smallest absolute Gasteiger partial charge is 0.314 e. The second-order valence-corrected chi connectivity index (χ2v) is 3.92. The average molecular weight is 243 g/mol. The van der Waals surface area contributed by atoms with Gasteiger partial charge < -0.3 is 9.47 Å². The highest BCUT2D eigenvalue weighted by atomic mass is 32.2. The lowest BCUT2D eigenvalue weighted by Crippen LogP contribution is -2.02. The van der Waals surface area contributed by atoms with Crippen molar-refractivity contribution in [1.82, 2.24) is 0 Å². The van der Waals surface area contributed by atoms with Crippen LogP contribution in [-0.2, 0) is 0 Å². The monoisotopic (exact) mass is 243 g/mol. The largest absolute Gasteiger partial charge is 0.496 e. The average Bonchev–Trinajstić information content (AvgIpc) is 2.29. The van der Waals surface area contributed by atoms with Gasteiger partial charge in [-0.05, 0) is 18.4 Å². The lowest BCUT2D eigenvalue weighted by atomic mass is 10.3. The van der Waals surface area contributed by atoms with E-state index in [-0.39, 0.29) is 11.4 Å². The number of hydrogen-bond acceptors (Lipinski definition) is 5. The number of nitro benzene ring substituents is 1. The summed E-state index contributed by atoms with van der Waals surface area (Å²) >= 11 is 1.62. The van der Waals surface area contributed by atoms with Crippen LogP contribution in [0.25, 0.3) is 0 Å². The molecule has 0 N–H and O–H groups in total. The minimum Gasteiger partial charge on any atom is -0.496 e. The molecule has 0 fully saturated rings. The maximum absolute atomic E-state index is 10.8. The van der Waals surface area contributed by atoms with Gasteiger partial charge in [0.2, 0.25) is 0 Å². The standard InChI is InChI=1S/C10H13NO4S/c1-14-8-3-4-10(15-5-6-16-2)9(7-8)11(12)13/h3-4,7H,5-6H2,1-2H3. The fraction of sp³-hybridized carbons (Fsp3) is 0.400. The molecule has 5 nitrogen and oxygen atoms in total. The van der Waals surface area contributed by atoms with Crippen LogP contribution in [0.4, 0.5) is 5.69 Å². The van der Waals surface area contributed by atoms with E-state index in [4.69, 9.17) is 9.47 Å². The molecule has 0 aliphatic heterocycles. The molecule has 1 aromatic rings. The Balaban J connectivity index is 2.85. The van der Waals surface area contributed by atoms with Gasteiger partial charge in [0, 0.05) is 5.75 Å². The third kappa shape index (κ3) is 3.30. The Morgan fingerprint density at radius 3 is 2.81 bits per heavy atom. The predicted octanol–water partition coefficient (Wildman–Crippen LogP) is 2.35. The quantitative estimate of drug-likeness (QED) is 0.436. The number of hydrogen-bond donors (Lipinski definition) is 0. The first-order valence-electron chi connectivity index (χ1n) is 4.63. The zero-order valence-electron chi connectivity index (χ0n) is 9.13. The lowest BCUT2D eigenvalue weighted by Gasteiger charge is -2.07. The number of ether oxygens (including phenoxy) is 2. The third-order valence-corrected chi connectivity index (χ3v) is 2.48. The van der Waals surface area contributed by atoms with E-state index in [9.17, 15) is 10.1 Å². The zero-order chi connectivity index (χ0) is 12.0. The Morgan fingerprint density at radius 1 is 1.50 bits per heavy atom. The third-order valence-electron chi connectivity index (χ3n) is 1.91. The summed E-state index contributed by atoms with van der Waals surface area (Å²) in [6, 6.07) is 4.55. The summed E-state index contributed by atoms with van der Waals surface area (Å²) in [6.45, 7) is 0.453. The molecule has 0 aliphatic carbocycles. The van der Waals surface area contributed by atoms with E-state index in [1.54, 1.807) is 23.9 Å². The molecule has 0 bridgehead atoms. The van der Waals surface area contributed by atoms with E-state index in [2.05, 4.69) is 0 Å². The molecule has 1 rings (SSSR count). The van der Waals surface area contributed by atoms with Crippen molar-refractivity contribution in [2.75, 3.05) is 25.7 Å². The van der Waals surface area contributed by atoms with Gasteiger partial charge in [0.15, 0.2) is 5.75 Å². The van der Waals surface area contributed by atoms with Gasteiger partial charge in [-0.25, -0.2) is 0 Å². The van der Waals surface area contributed by atoms with E-state index in [1.165, 1.54) is 13.2 Å². The van der Waals surface area contributed by atoms with Gasteiger partial charge in [0.25, 0.3) is 0 Å². The SMILES string of the molecule is COc1ccc(OCCSC)c([N+](=O)[O-])c1. The van der Waals surface area contributed by atoms with Gasteiger partial charge in [0.1, 0.15) is 5.75 Å². The summed E-state index contributed by atoms with van der Waals surface area (Å²) in [7, 11) is 1.47. The summed E-state index contributed by atoms with van der Waals surface area (Å²) in [5.41, 5.74) is -0.0690. The van der Waals surface area contributed by atoms with Gasteiger partial charge >= 0.3 is 5.69 Å². The molecule has 0 saturated heterocycles. The summed E-state index contributed by atoms with van der Waals surface area (Å²) in [5, 5.41) is 10.8. The molecule has 16 heavy (non-hydrogen) atoms. The second kappa shape index (κ2) is 6.22. The molecule has 88 valence electrons. The highest BCUT2D eigenvalue weighted by molar-refractivity contribution is 7.98. The van der Waals surface area contributed by atoms with E-state index in [0.717, 1.165) is 5.75 Å². The molecule has 0 spiro atoms. The van der Waals surface area contributed by atoms with Crippen LogP contribution in [0.1, 0.15) is 0 Å². The fourth-order valence-electron chi connectivity index (χ4n) is 1.12. The van der Waals surface area contributed by atoms with E-state index < -0.39 is 4.92 Å². The van der Waals surface area contributed by atoms with E-state index in [0.29, 0.717) is 12.4 Å². The van der Waals surface area contributed by atoms with Crippen molar-refractivity contribution in [3.05, 3.63) is 28.3 Å². The molecule has 1 aromatic carbocycles. The predicted molar refractivity (Wildman–Crippen MR) is 63.5 cm³/mol. The summed E-state index contributed by atoms with van der Waals surface area (Å²) < 4.78 is 10.2. The molecule has 0 heterocycles. The van der Waals surface area contributed by atoms with Gasteiger partial charge in [-0.2, -0.15) is 11.8 Å². The molecule has 0 unspecified atom stereocenters. The Bertz CT molecular complexity index is 370. The Kier molecular flexibility index (Phi) is 4.91. The molecule has 0 amide bonds. The van der Waals surface area contributed by atoms with Crippen molar-refractivity contribution in [2.24, 2.45) is 0 Å². The highest BCUT2D eigenvalue weighted by Crippen LogP contribution is 2.30. The van der Waals surface area contributed by atoms with Crippen LogP contribution in [0.3, 0.4) is 0 Å². The summed E-state index contributed by atoms with van der Waals surface area (Å²) in [6.07, 6.45) is 1.95. The second-order valence-electron chi connectivity index (χ2n) is 2.93. The molecule has 0 saturated carbocycles. The topological polar surface area (TPSA) is 61.6 Å². The van der Waals surface area contributed by atoms with Gasteiger partial charge in [-0.1, -0.05) is 0 Å². The van der Waals surface area contributed by atoms with Crippen LogP contribution in [0.2, 0.25) is 0 Å². The first kappa shape index (κ1) is 12.6. The molecular weight excluding hydrogens is 230 g/mol. The minimum atomic E-state index is -0.475. The van der Waals surface area contributed by atoms with Crippen LogP contribution < -0.4 is 9.47 Å².